The zero-order valence-electron chi connectivity index (χ0n) is 12.9. The molecule has 1 unspecified atom stereocenters. The quantitative estimate of drug-likeness (QED) is 0.636. The van der Waals surface area contributed by atoms with Crippen LogP contribution in [-0.4, -0.2) is 30.1 Å². The van der Waals surface area contributed by atoms with E-state index in [1.165, 1.54) is 0 Å². The highest BCUT2D eigenvalue weighted by Crippen LogP contribution is 2.33. The van der Waals surface area contributed by atoms with Crippen LogP contribution < -0.4 is 4.74 Å². The summed E-state index contributed by atoms with van der Waals surface area (Å²) in [4.78, 5) is 2.23. The Hall–Kier alpha value is -1.22. The molecule has 0 amide bonds. The van der Waals surface area contributed by atoms with E-state index in [4.69, 9.17) is 27.9 Å². The molecule has 0 radical (unpaired) electrons. The molecule has 0 N–H and O–H groups in total. The number of ether oxygens (including phenoxy) is 1. The second kappa shape index (κ2) is 8.42. The Balaban J connectivity index is 2.21. The number of benzene rings is 2. The van der Waals surface area contributed by atoms with Gasteiger partial charge in [-0.2, -0.15) is 0 Å². The maximum atomic E-state index is 6.37. The van der Waals surface area contributed by atoms with Crippen molar-refractivity contribution in [2.24, 2.45) is 0 Å². The molecular weight excluding hydrogens is 317 g/mol. The highest BCUT2D eigenvalue weighted by atomic mass is 35.5. The van der Waals surface area contributed by atoms with Crippen molar-refractivity contribution < 1.29 is 4.74 Å². The highest BCUT2D eigenvalue weighted by Gasteiger charge is 2.14. The van der Waals surface area contributed by atoms with Gasteiger partial charge in [0.25, 0.3) is 0 Å². The van der Waals surface area contributed by atoms with E-state index in [-0.39, 0.29) is 0 Å². The van der Waals surface area contributed by atoms with Crippen LogP contribution in [0, 0.1) is 0 Å². The number of hydrogen-bond acceptors (Lipinski definition) is 2. The Labute approximate surface area is 142 Å². The van der Waals surface area contributed by atoms with Crippen LogP contribution >= 0.6 is 23.2 Å². The van der Waals surface area contributed by atoms with Crippen LogP contribution in [0.2, 0.25) is 5.02 Å². The average Bonchev–Trinajstić information content (AvgIpc) is 2.55. The number of halogens is 2. The summed E-state index contributed by atoms with van der Waals surface area (Å²) in [6, 6.07) is 15.7. The third-order valence-electron chi connectivity index (χ3n) is 3.58. The fourth-order valence-electron chi connectivity index (χ4n) is 2.31. The molecule has 0 heterocycles. The van der Waals surface area contributed by atoms with Gasteiger partial charge >= 0.3 is 0 Å². The molecule has 0 saturated heterocycles. The summed E-state index contributed by atoms with van der Waals surface area (Å²) in [6.45, 7) is 6.82. The normalized spacial score (nSPS) is 12.4. The molecule has 2 rings (SSSR count). The van der Waals surface area contributed by atoms with Crippen LogP contribution in [0.1, 0.15) is 13.8 Å². The van der Waals surface area contributed by atoms with Crippen LogP contribution in [-0.2, 0) is 0 Å². The lowest BCUT2D eigenvalue weighted by atomic mass is 10.0. The lowest BCUT2D eigenvalue weighted by Gasteiger charge is -2.23. The van der Waals surface area contributed by atoms with Gasteiger partial charge in [-0.15, -0.1) is 0 Å². The van der Waals surface area contributed by atoms with E-state index in [0.29, 0.717) is 11.6 Å². The second-order valence-electron chi connectivity index (χ2n) is 5.02. The van der Waals surface area contributed by atoms with Gasteiger partial charge in [0.05, 0.1) is 0 Å². The molecule has 22 heavy (non-hydrogen) atoms. The Bertz CT molecular complexity index is 585. The van der Waals surface area contributed by atoms with Crippen molar-refractivity contribution in [3.05, 3.63) is 53.6 Å². The molecule has 2 nitrogen and oxygen atoms in total. The first-order chi connectivity index (χ1) is 10.6. The van der Waals surface area contributed by atoms with E-state index in [1.54, 1.807) is 0 Å². The third kappa shape index (κ3) is 4.64. The van der Waals surface area contributed by atoms with Gasteiger partial charge in [0.15, 0.2) is 5.56 Å². The minimum atomic E-state index is -0.400. The minimum Gasteiger partial charge on any atom is -0.473 e. The topological polar surface area (TPSA) is 12.5 Å². The van der Waals surface area contributed by atoms with Gasteiger partial charge in [0.1, 0.15) is 5.75 Å². The van der Waals surface area contributed by atoms with Crippen molar-refractivity contribution in [3.63, 3.8) is 0 Å². The molecular formula is C18H21Cl2NO. The molecule has 1 atom stereocenters. The van der Waals surface area contributed by atoms with Crippen LogP contribution in [0.25, 0.3) is 11.1 Å². The van der Waals surface area contributed by atoms with Crippen LogP contribution in [0.3, 0.4) is 0 Å². The van der Waals surface area contributed by atoms with Crippen molar-refractivity contribution in [3.8, 4) is 16.9 Å². The van der Waals surface area contributed by atoms with Crippen LogP contribution in [0.4, 0.5) is 0 Å². The number of hydrogen-bond donors (Lipinski definition) is 0. The van der Waals surface area contributed by atoms with E-state index in [1.807, 2.05) is 48.5 Å². The number of rotatable bonds is 7. The lowest BCUT2D eigenvalue weighted by Crippen LogP contribution is -2.32. The van der Waals surface area contributed by atoms with Crippen LogP contribution in [0.15, 0.2) is 48.5 Å². The minimum absolute atomic E-state index is 0.400. The van der Waals surface area contributed by atoms with Gasteiger partial charge in [-0.05, 0) is 36.9 Å². The summed E-state index contributed by atoms with van der Waals surface area (Å²) in [7, 11) is 0. The predicted molar refractivity (Wildman–Crippen MR) is 94.9 cm³/mol. The number of alkyl halides is 1. The molecule has 4 heteroatoms. The molecule has 0 aliphatic carbocycles. The number of likely N-dealkylation sites (N-methyl/N-ethyl adjacent to an activating group) is 1. The average molecular weight is 338 g/mol. The zero-order chi connectivity index (χ0) is 15.9. The Morgan fingerprint density at radius 1 is 1.05 bits per heavy atom. The summed E-state index contributed by atoms with van der Waals surface area (Å²) in [6.07, 6.45) is 0. The maximum absolute atomic E-state index is 6.37. The Kier molecular flexibility index (Phi) is 6.56. The largest absolute Gasteiger partial charge is 0.473 e. The van der Waals surface area contributed by atoms with E-state index < -0.39 is 5.56 Å². The van der Waals surface area contributed by atoms with E-state index in [0.717, 1.165) is 30.0 Å². The summed E-state index contributed by atoms with van der Waals surface area (Å²) in [5, 5.41) is 0.682. The molecule has 0 bridgehead atoms. The van der Waals surface area contributed by atoms with Gasteiger partial charge in [0.2, 0.25) is 0 Å². The smallest absolute Gasteiger partial charge is 0.184 e. The summed E-state index contributed by atoms with van der Waals surface area (Å²) in [5.41, 5.74) is 1.62. The zero-order valence-corrected chi connectivity index (χ0v) is 14.4. The first-order valence-electron chi connectivity index (χ1n) is 7.52. The summed E-state index contributed by atoms with van der Waals surface area (Å²) >= 11 is 12.5. The van der Waals surface area contributed by atoms with E-state index in [9.17, 15) is 0 Å². The SMILES string of the molecule is CCN(CC)CC(Cl)Oc1ccc(Cl)cc1-c1ccccc1. The van der Waals surface area contributed by atoms with Crippen molar-refractivity contribution >= 4 is 23.2 Å². The first kappa shape index (κ1) is 17.1. The summed E-state index contributed by atoms with van der Waals surface area (Å²) in [5.74, 6) is 0.753. The number of nitrogens with zero attached hydrogens (tertiary/aromatic N) is 1. The van der Waals surface area contributed by atoms with Crippen molar-refractivity contribution in [2.45, 2.75) is 19.4 Å². The second-order valence-corrected chi connectivity index (χ2v) is 5.94. The third-order valence-corrected chi connectivity index (χ3v) is 4.04. The summed E-state index contributed by atoms with van der Waals surface area (Å²) < 4.78 is 5.95. The molecule has 0 saturated carbocycles. The van der Waals surface area contributed by atoms with Gasteiger partial charge in [0, 0.05) is 17.1 Å². The molecule has 0 aromatic heterocycles. The first-order valence-corrected chi connectivity index (χ1v) is 8.33. The van der Waals surface area contributed by atoms with Crippen LogP contribution in [0.5, 0.6) is 5.75 Å². The Morgan fingerprint density at radius 3 is 2.36 bits per heavy atom. The Morgan fingerprint density at radius 2 is 1.73 bits per heavy atom. The van der Waals surface area contributed by atoms with E-state index in [2.05, 4.69) is 18.7 Å². The molecule has 2 aromatic carbocycles. The molecule has 0 aliphatic rings. The molecule has 0 fully saturated rings. The molecule has 118 valence electrons. The van der Waals surface area contributed by atoms with Crippen molar-refractivity contribution in [2.75, 3.05) is 19.6 Å². The van der Waals surface area contributed by atoms with Gasteiger partial charge in [-0.1, -0.05) is 67.4 Å². The van der Waals surface area contributed by atoms with E-state index >= 15 is 0 Å². The maximum Gasteiger partial charge on any atom is 0.184 e. The fourth-order valence-corrected chi connectivity index (χ4v) is 2.77. The molecule has 2 aromatic rings. The van der Waals surface area contributed by atoms with Crippen molar-refractivity contribution in [1.82, 2.24) is 4.90 Å². The molecule has 0 aliphatic heterocycles. The monoisotopic (exact) mass is 337 g/mol. The van der Waals surface area contributed by atoms with Gasteiger partial charge in [-0.25, -0.2) is 0 Å². The standard InChI is InChI=1S/C18H21Cl2NO/c1-3-21(4-2)13-18(20)22-17-11-10-15(19)12-16(17)14-8-6-5-7-9-14/h5-12,18H,3-4,13H2,1-2H3. The lowest BCUT2D eigenvalue weighted by molar-refractivity contribution is 0.196. The van der Waals surface area contributed by atoms with Gasteiger partial charge in [-0.3, -0.25) is 4.90 Å². The highest BCUT2D eigenvalue weighted by molar-refractivity contribution is 6.31. The van der Waals surface area contributed by atoms with Crippen molar-refractivity contribution in [1.29, 1.82) is 0 Å². The predicted octanol–water partition coefficient (Wildman–Crippen LogP) is 5.29. The van der Waals surface area contributed by atoms with Gasteiger partial charge < -0.3 is 4.74 Å². The fraction of sp³-hybridized carbons (Fsp3) is 0.333. The molecule has 0 spiro atoms.